The zero-order valence-corrected chi connectivity index (χ0v) is 32.2. The third kappa shape index (κ3) is 4.94. The van der Waals surface area contributed by atoms with Gasteiger partial charge in [0.2, 0.25) is 0 Å². The van der Waals surface area contributed by atoms with E-state index in [4.69, 9.17) is 19.9 Å². The van der Waals surface area contributed by atoms with Gasteiger partial charge in [0.15, 0.2) is 0 Å². The van der Waals surface area contributed by atoms with Gasteiger partial charge in [-0.2, -0.15) is 4.80 Å². The molecule has 0 amide bonds. The first-order valence-corrected chi connectivity index (χ1v) is 19.4. The zero-order chi connectivity index (χ0) is 36.1. The van der Waals surface area contributed by atoms with Crippen LogP contribution >= 0.6 is 0 Å². The Bertz CT molecular complexity index is 1490. The molecule has 11 atom stereocenters. The van der Waals surface area contributed by atoms with Gasteiger partial charge in [-0.25, -0.2) is 0 Å². The number of aromatic nitrogens is 4. The van der Waals surface area contributed by atoms with Crippen LogP contribution in [0, 0.1) is 56.7 Å². The maximum atomic E-state index is 13.5. The van der Waals surface area contributed by atoms with Gasteiger partial charge in [0, 0.05) is 29.6 Å². The molecular formula is C39H64N6O5. The molecule has 11 heteroatoms. The standard InChI is InChI=1S/C39H64N6O5/c1-24(2)25(3)34(4)14-15-36(6)26-10-11-29-35(5)21-49-23-39(29,27(26)12-13-37(36,7)30(34)32(46)47)20-28(45-42-33(40)41-43-45)31(35)50-22-38(44(8)9)16-18-48-19-17-38/h12,24-26,28-31H,10-11,13-23H2,1-9H3,(H2,40,42)(H,46,47)/t25-,26+,28-,29+,30-,31+,34-,35+,36-,37+,39+/m1/s1. The minimum atomic E-state index is -0.627. The first-order valence-electron chi connectivity index (χ1n) is 19.4. The Morgan fingerprint density at radius 3 is 2.40 bits per heavy atom. The molecule has 2 bridgehead atoms. The number of ether oxygens (including phenoxy) is 3. The van der Waals surface area contributed by atoms with E-state index in [9.17, 15) is 9.90 Å². The van der Waals surface area contributed by atoms with Gasteiger partial charge in [-0.3, -0.25) is 4.79 Å². The molecule has 1 aromatic rings. The number of likely N-dealkylation sites (N-methyl/N-ethyl adjacent to an activating group) is 1. The summed E-state index contributed by atoms with van der Waals surface area (Å²) in [4.78, 5) is 17.5. The van der Waals surface area contributed by atoms with E-state index in [0.717, 1.165) is 64.6 Å². The van der Waals surface area contributed by atoms with Gasteiger partial charge in [-0.1, -0.05) is 65.2 Å². The summed E-state index contributed by atoms with van der Waals surface area (Å²) in [6.45, 7) is 19.5. The van der Waals surface area contributed by atoms with Crippen LogP contribution in [0.2, 0.25) is 0 Å². The van der Waals surface area contributed by atoms with E-state index < -0.39 is 11.9 Å². The van der Waals surface area contributed by atoms with Crippen LogP contribution in [-0.2, 0) is 19.0 Å². The molecular weight excluding hydrogens is 632 g/mol. The lowest BCUT2D eigenvalue weighted by Crippen LogP contribution is -2.69. The zero-order valence-electron chi connectivity index (χ0n) is 32.2. The third-order valence-corrected chi connectivity index (χ3v) is 16.7. The van der Waals surface area contributed by atoms with Gasteiger partial charge in [-0.15, -0.1) is 5.10 Å². The molecule has 7 rings (SSSR count). The fourth-order valence-corrected chi connectivity index (χ4v) is 13.2. The number of hydrogen-bond donors (Lipinski definition) is 2. The molecule has 5 fully saturated rings. The number of nitrogens with zero attached hydrogens (tertiary/aromatic N) is 5. The van der Waals surface area contributed by atoms with E-state index >= 15 is 0 Å². The summed E-state index contributed by atoms with van der Waals surface area (Å²) in [5, 5.41) is 24.4. The monoisotopic (exact) mass is 696 g/mol. The van der Waals surface area contributed by atoms with E-state index in [2.05, 4.69) is 88.9 Å². The van der Waals surface area contributed by atoms with Crippen molar-refractivity contribution in [2.24, 2.45) is 56.7 Å². The Kier molecular flexibility index (Phi) is 8.88. The van der Waals surface area contributed by atoms with Crippen molar-refractivity contribution in [1.29, 1.82) is 0 Å². The normalized spacial score (nSPS) is 44.5. The van der Waals surface area contributed by atoms with Crippen LogP contribution in [0.1, 0.15) is 106 Å². The van der Waals surface area contributed by atoms with Crippen LogP contribution in [0.25, 0.3) is 0 Å². The van der Waals surface area contributed by atoms with Crippen LogP contribution in [0.15, 0.2) is 11.6 Å². The highest BCUT2D eigenvalue weighted by molar-refractivity contribution is 5.73. The molecule has 3 saturated carbocycles. The first kappa shape index (κ1) is 36.3. The summed E-state index contributed by atoms with van der Waals surface area (Å²) >= 11 is 0. The molecule has 4 aliphatic carbocycles. The molecule has 0 spiro atoms. The van der Waals surface area contributed by atoms with E-state index in [-0.39, 0.29) is 56.6 Å². The summed E-state index contributed by atoms with van der Waals surface area (Å²) in [5.41, 5.74) is 6.21. The maximum absolute atomic E-state index is 13.5. The fraction of sp³-hybridized carbons (Fsp3) is 0.897. The minimum absolute atomic E-state index is 0.107. The quantitative estimate of drug-likeness (QED) is 0.317. The Hall–Kier alpha value is -2.08. The van der Waals surface area contributed by atoms with Crippen LogP contribution < -0.4 is 5.73 Å². The highest BCUT2D eigenvalue weighted by Crippen LogP contribution is 2.75. The van der Waals surface area contributed by atoms with E-state index in [1.165, 1.54) is 5.57 Å². The molecule has 11 nitrogen and oxygen atoms in total. The number of aliphatic carboxylic acids is 1. The number of hydrogen-bond acceptors (Lipinski definition) is 9. The van der Waals surface area contributed by atoms with Crippen molar-refractivity contribution in [2.75, 3.05) is 52.9 Å². The molecule has 2 saturated heterocycles. The van der Waals surface area contributed by atoms with Gasteiger partial charge in [0.05, 0.1) is 31.8 Å². The molecule has 3 N–H and O–H groups in total. The molecule has 6 aliphatic rings. The largest absolute Gasteiger partial charge is 0.481 e. The summed E-state index contributed by atoms with van der Waals surface area (Å²) in [5.74, 6) is 0.504. The molecule has 3 heterocycles. The van der Waals surface area contributed by atoms with Gasteiger partial charge in [0.25, 0.3) is 5.95 Å². The molecule has 0 radical (unpaired) electrons. The molecule has 1 aromatic heterocycles. The molecule has 0 aromatic carbocycles. The van der Waals surface area contributed by atoms with Crippen molar-refractivity contribution in [1.82, 2.24) is 25.1 Å². The Morgan fingerprint density at radius 1 is 1.06 bits per heavy atom. The minimum Gasteiger partial charge on any atom is -0.481 e. The maximum Gasteiger partial charge on any atom is 0.307 e. The van der Waals surface area contributed by atoms with Crippen molar-refractivity contribution >= 4 is 11.9 Å². The summed E-state index contributed by atoms with van der Waals surface area (Å²) in [7, 11) is 4.31. The molecule has 280 valence electrons. The number of carbonyl (C=O) groups is 1. The number of allylic oxidation sites excluding steroid dienone is 1. The Labute approximate surface area is 299 Å². The SMILES string of the molecule is CC(C)[C@@H](C)[C@@]1(C)CC[C@]2(C)[C@H]3CC[C@@H]4[C@@]5(COC[C@]4(C)[C@@H](OCC4(N(C)C)CCOCC4)[C@H](n4nnc(N)n4)C5)C3=CC[C@@]2(C)[C@@H]1C(=O)O. The van der Waals surface area contributed by atoms with Crippen LogP contribution in [0.4, 0.5) is 5.95 Å². The molecule has 2 aliphatic heterocycles. The van der Waals surface area contributed by atoms with Gasteiger partial charge in [0.1, 0.15) is 6.04 Å². The third-order valence-electron chi connectivity index (χ3n) is 16.7. The van der Waals surface area contributed by atoms with Crippen molar-refractivity contribution in [2.45, 2.75) is 118 Å². The highest BCUT2D eigenvalue weighted by atomic mass is 16.5. The second-order valence-corrected chi connectivity index (χ2v) is 19.0. The van der Waals surface area contributed by atoms with E-state index in [0.29, 0.717) is 37.6 Å². The van der Waals surface area contributed by atoms with E-state index in [1.54, 1.807) is 4.80 Å². The fourth-order valence-electron chi connectivity index (χ4n) is 13.2. The average molecular weight is 697 g/mol. The number of carboxylic acids is 1. The van der Waals surface area contributed by atoms with Crippen LogP contribution in [-0.4, -0.2) is 95.0 Å². The van der Waals surface area contributed by atoms with Crippen molar-refractivity contribution < 1.29 is 24.1 Å². The summed E-state index contributed by atoms with van der Waals surface area (Å²) in [6, 6.07) is -0.168. The van der Waals surface area contributed by atoms with Crippen LogP contribution in [0.5, 0.6) is 0 Å². The second-order valence-electron chi connectivity index (χ2n) is 19.0. The lowest BCUT2D eigenvalue weighted by molar-refractivity contribution is -0.257. The number of fused-ring (bicyclic) bond motifs is 3. The average Bonchev–Trinajstić information content (AvgIpc) is 3.50. The highest BCUT2D eigenvalue weighted by Gasteiger charge is 2.72. The number of nitrogens with two attached hydrogens (primary N) is 1. The number of nitrogen functional groups attached to an aromatic ring is 1. The number of tetrazole rings is 1. The lowest BCUT2D eigenvalue weighted by atomic mass is 9.34. The summed E-state index contributed by atoms with van der Waals surface area (Å²) in [6.07, 6.45) is 9.80. The predicted molar refractivity (Wildman–Crippen MR) is 191 cm³/mol. The predicted octanol–water partition coefficient (Wildman–Crippen LogP) is 5.88. The summed E-state index contributed by atoms with van der Waals surface area (Å²) < 4.78 is 19.8. The number of anilines is 1. The first-order chi connectivity index (χ1) is 23.5. The van der Waals surface area contributed by atoms with Crippen LogP contribution in [0.3, 0.4) is 0 Å². The lowest BCUT2D eigenvalue weighted by Gasteiger charge is -2.71. The number of carboxylic acid groups (broad SMARTS) is 1. The number of rotatable bonds is 8. The van der Waals surface area contributed by atoms with Gasteiger partial charge < -0.3 is 30.0 Å². The van der Waals surface area contributed by atoms with E-state index in [1.807, 2.05) is 0 Å². The van der Waals surface area contributed by atoms with Crippen molar-refractivity contribution in [3.05, 3.63) is 11.6 Å². The van der Waals surface area contributed by atoms with Crippen molar-refractivity contribution in [3.63, 3.8) is 0 Å². The molecule has 50 heavy (non-hydrogen) atoms. The Morgan fingerprint density at radius 2 is 1.78 bits per heavy atom. The van der Waals surface area contributed by atoms with Gasteiger partial charge >= 0.3 is 5.97 Å². The second kappa shape index (κ2) is 12.2. The van der Waals surface area contributed by atoms with Gasteiger partial charge in [-0.05, 0) is 111 Å². The smallest absolute Gasteiger partial charge is 0.307 e. The molecule has 0 unspecified atom stereocenters. The topological polar surface area (TPSA) is 138 Å². The van der Waals surface area contributed by atoms with Crippen molar-refractivity contribution in [3.8, 4) is 0 Å². The Balaban J connectivity index is 1.30.